The maximum atomic E-state index is 13.7. The van der Waals surface area contributed by atoms with Crippen LogP contribution in [0.4, 0.5) is 0 Å². The fourth-order valence-electron chi connectivity index (χ4n) is 6.71. The number of piperidine rings is 3. The van der Waals surface area contributed by atoms with Gasteiger partial charge in [0, 0.05) is 35.7 Å². The minimum atomic E-state index is -0.208. The van der Waals surface area contributed by atoms with Gasteiger partial charge in [-0.3, -0.25) is 14.5 Å². The number of hydrogen-bond donors (Lipinski definition) is 1. The number of amides is 1. The molecule has 1 aromatic carbocycles. The van der Waals surface area contributed by atoms with E-state index >= 15 is 0 Å². The largest absolute Gasteiger partial charge is 0.360 e. The van der Waals surface area contributed by atoms with Crippen LogP contribution in [0.15, 0.2) is 40.8 Å². The molecule has 3 saturated heterocycles. The summed E-state index contributed by atoms with van der Waals surface area (Å²) in [6.07, 6.45) is 11.3. The molecule has 1 aromatic heterocycles. The van der Waals surface area contributed by atoms with Gasteiger partial charge in [-0.1, -0.05) is 29.7 Å². The van der Waals surface area contributed by atoms with Crippen LogP contribution in [0.2, 0.25) is 5.02 Å². The van der Waals surface area contributed by atoms with Crippen LogP contribution in [-0.2, 0) is 0 Å². The van der Waals surface area contributed by atoms with Gasteiger partial charge in [0.2, 0.25) is 5.43 Å². The highest BCUT2D eigenvalue weighted by atomic mass is 35.5. The van der Waals surface area contributed by atoms with Crippen LogP contribution in [0, 0.1) is 11.8 Å². The first-order valence-corrected chi connectivity index (χ1v) is 12.0. The van der Waals surface area contributed by atoms with Crippen LogP contribution in [0.1, 0.15) is 48.9 Å². The van der Waals surface area contributed by atoms with Crippen molar-refractivity contribution < 1.29 is 4.79 Å². The molecule has 1 N–H and O–H groups in total. The molecule has 0 spiro atoms. The van der Waals surface area contributed by atoms with E-state index in [0.717, 1.165) is 25.9 Å². The summed E-state index contributed by atoms with van der Waals surface area (Å²) in [5.74, 6) is 0.976. The van der Waals surface area contributed by atoms with Gasteiger partial charge < -0.3 is 9.88 Å². The van der Waals surface area contributed by atoms with Crippen molar-refractivity contribution in [2.24, 2.45) is 11.8 Å². The summed E-state index contributed by atoms with van der Waals surface area (Å²) in [6.45, 7) is 3.00. The Morgan fingerprint density at radius 1 is 1.16 bits per heavy atom. The monoisotopic (exact) mass is 437 g/mol. The molecular weight excluding hydrogens is 410 g/mol. The van der Waals surface area contributed by atoms with Crippen LogP contribution < -0.4 is 5.43 Å². The second kappa shape index (κ2) is 7.49. The number of likely N-dealkylation sites (tertiary alicyclic amines) is 1. The number of nitrogens with one attached hydrogen (secondary N) is 1. The first kappa shape index (κ1) is 19.6. The van der Waals surface area contributed by atoms with E-state index < -0.39 is 0 Å². The highest BCUT2D eigenvalue weighted by Crippen LogP contribution is 2.45. The fourth-order valence-corrected chi connectivity index (χ4v) is 6.88. The number of halogens is 1. The Hall–Kier alpha value is -2.11. The third kappa shape index (κ3) is 3.16. The Bertz CT molecular complexity index is 1140. The second-order valence-electron chi connectivity index (χ2n) is 9.73. The Labute approximate surface area is 187 Å². The van der Waals surface area contributed by atoms with E-state index in [1.807, 2.05) is 4.90 Å². The van der Waals surface area contributed by atoms with Gasteiger partial charge in [-0.05, 0) is 68.7 Å². The molecule has 1 amide bonds. The lowest BCUT2D eigenvalue weighted by atomic mass is 9.68. The number of H-pyrrole nitrogens is 1. The normalized spacial score (nSPS) is 30.5. The molecular formula is C25H28ClN3O2. The Morgan fingerprint density at radius 3 is 2.97 bits per heavy atom. The van der Waals surface area contributed by atoms with E-state index in [1.165, 1.54) is 37.8 Å². The van der Waals surface area contributed by atoms with E-state index in [4.69, 9.17) is 11.6 Å². The van der Waals surface area contributed by atoms with E-state index in [2.05, 4.69) is 16.0 Å². The predicted molar refractivity (Wildman–Crippen MR) is 123 cm³/mol. The highest BCUT2D eigenvalue weighted by Gasteiger charge is 2.47. The number of rotatable bonds is 1. The highest BCUT2D eigenvalue weighted by molar-refractivity contribution is 6.31. The molecule has 4 atom stereocenters. The molecule has 31 heavy (non-hydrogen) atoms. The Morgan fingerprint density at radius 2 is 2.06 bits per heavy atom. The first-order chi connectivity index (χ1) is 15.1. The van der Waals surface area contributed by atoms with Crippen LogP contribution in [0.5, 0.6) is 0 Å². The number of benzene rings is 1. The van der Waals surface area contributed by atoms with Gasteiger partial charge in [0.15, 0.2) is 0 Å². The molecule has 2 aromatic rings. The molecule has 6 rings (SSSR count). The number of nitrogens with zero attached hydrogens (tertiary/aromatic N) is 2. The molecule has 5 nitrogen and oxygen atoms in total. The standard InChI is InChI=1S/C25H28ClN3O2/c26-18-6-7-19-21(12-18)27-13-20(24(19)30)25(31)29-9-3-4-15-10-16-11-17(23(15)29)14-28-8-2-1-5-22(16)28/h6-7,10,12-13,16-17,22-23H,1-5,8-9,11,14H2,(H,27,30). The van der Waals surface area contributed by atoms with Gasteiger partial charge in [0.1, 0.15) is 5.56 Å². The number of aromatic amines is 1. The summed E-state index contributed by atoms with van der Waals surface area (Å²) < 4.78 is 0. The Balaban J connectivity index is 1.36. The van der Waals surface area contributed by atoms with E-state index in [0.29, 0.717) is 33.8 Å². The second-order valence-corrected chi connectivity index (χ2v) is 10.2. The maximum Gasteiger partial charge on any atom is 0.259 e. The van der Waals surface area contributed by atoms with Crippen LogP contribution in [0.25, 0.3) is 10.9 Å². The van der Waals surface area contributed by atoms with Crippen molar-refractivity contribution in [3.63, 3.8) is 0 Å². The van der Waals surface area contributed by atoms with E-state index in [1.54, 1.807) is 24.4 Å². The van der Waals surface area contributed by atoms with Crippen LogP contribution in [-0.4, -0.2) is 52.4 Å². The first-order valence-electron chi connectivity index (χ1n) is 11.7. The van der Waals surface area contributed by atoms with Crippen molar-refractivity contribution in [3.8, 4) is 0 Å². The molecule has 3 aliphatic heterocycles. The zero-order valence-electron chi connectivity index (χ0n) is 17.6. The molecule has 1 aliphatic carbocycles. The van der Waals surface area contributed by atoms with Gasteiger partial charge in [-0.2, -0.15) is 0 Å². The van der Waals surface area contributed by atoms with Crippen molar-refractivity contribution in [1.82, 2.24) is 14.8 Å². The van der Waals surface area contributed by atoms with E-state index in [-0.39, 0.29) is 22.9 Å². The number of pyridine rings is 1. The molecule has 162 valence electrons. The lowest BCUT2D eigenvalue weighted by Crippen LogP contribution is -2.60. The van der Waals surface area contributed by atoms with Crippen LogP contribution in [0.3, 0.4) is 0 Å². The minimum Gasteiger partial charge on any atom is -0.360 e. The summed E-state index contributed by atoms with van der Waals surface area (Å²) in [5.41, 5.74) is 2.14. The zero-order chi connectivity index (χ0) is 21.1. The predicted octanol–water partition coefficient (Wildman–Crippen LogP) is 4.22. The van der Waals surface area contributed by atoms with Crippen molar-refractivity contribution >= 4 is 28.4 Å². The number of fused-ring (bicyclic) bond motifs is 7. The molecule has 2 bridgehead atoms. The smallest absolute Gasteiger partial charge is 0.259 e. The van der Waals surface area contributed by atoms with Crippen LogP contribution >= 0.6 is 11.6 Å². The SMILES string of the molecule is O=C(c1c[nH]c2cc(Cl)ccc2c1=O)N1CCCC2=CC3CC(CN4CCCCC34)C21. The Kier molecular flexibility index (Phi) is 4.73. The van der Waals surface area contributed by atoms with Crippen molar-refractivity contribution in [2.45, 2.75) is 50.6 Å². The zero-order valence-corrected chi connectivity index (χ0v) is 18.4. The van der Waals surface area contributed by atoms with Gasteiger partial charge in [-0.25, -0.2) is 0 Å². The van der Waals surface area contributed by atoms with Gasteiger partial charge >= 0.3 is 0 Å². The molecule has 3 fully saturated rings. The van der Waals surface area contributed by atoms with Crippen molar-refractivity contribution in [1.29, 1.82) is 0 Å². The summed E-state index contributed by atoms with van der Waals surface area (Å²) in [7, 11) is 0. The fraction of sp³-hybridized carbons (Fsp3) is 0.520. The van der Waals surface area contributed by atoms with Gasteiger partial charge in [0.25, 0.3) is 5.91 Å². The molecule has 6 heteroatoms. The van der Waals surface area contributed by atoms with Gasteiger partial charge in [0.05, 0.1) is 11.6 Å². The van der Waals surface area contributed by atoms with Crippen molar-refractivity contribution in [2.75, 3.05) is 19.6 Å². The molecule has 0 radical (unpaired) electrons. The maximum absolute atomic E-state index is 13.7. The molecule has 0 saturated carbocycles. The minimum absolute atomic E-state index is 0.132. The third-order valence-corrected chi connectivity index (χ3v) is 8.23. The lowest BCUT2D eigenvalue weighted by Gasteiger charge is -2.54. The third-order valence-electron chi connectivity index (χ3n) is 7.99. The van der Waals surface area contributed by atoms with E-state index in [9.17, 15) is 9.59 Å². The number of carbonyl (C=O) groups excluding carboxylic acids is 1. The molecule has 4 unspecified atom stereocenters. The average molecular weight is 438 g/mol. The topological polar surface area (TPSA) is 56.4 Å². The summed E-state index contributed by atoms with van der Waals surface area (Å²) in [6, 6.07) is 5.97. The summed E-state index contributed by atoms with van der Waals surface area (Å²) in [5, 5.41) is 1.08. The summed E-state index contributed by atoms with van der Waals surface area (Å²) >= 11 is 6.06. The van der Waals surface area contributed by atoms with Gasteiger partial charge in [-0.15, -0.1) is 0 Å². The molecule has 4 aliphatic rings. The number of hydrogen-bond acceptors (Lipinski definition) is 3. The summed E-state index contributed by atoms with van der Waals surface area (Å²) in [4.78, 5) is 34.6. The quantitative estimate of drug-likeness (QED) is 0.679. The lowest BCUT2D eigenvalue weighted by molar-refractivity contribution is 0.00143. The number of carbonyl (C=O) groups is 1. The molecule has 4 heterocycles. The van der Waals surface area contributed by atoms with Crippen molar-refractivity contribution in [3.05, 3.63) is 56.9 Å². The number of aromatic nitrogens is 1. The average Bonchev–Trinajstić information content (AvgIpc) is 2.78.